The molecule has 0 atom stereocenters. The van der Waals surface area contributed by atoms with Crippen LogP contribution in [0, 0.1) is 14.1 Å². The van der Waals surface area contributed by atoms with E-state index in [0.717, 1.165) is 24.0 Å². The first-order chi connectivity index (χ1) is 14.9. The van der Waals surface area contributed by atoms with E-state index in [0.29, 0.717) is 17.2 Å². The Hall–Kier alpha value is -1.91. The second kappa shape index (κ2) is 9.70. The molecule has 0 unspecified atom stereocenters. The molecular weight excluding hydrogens is 640 g/mol. The number of aliphatic imine (C=N–C) groups is 1. The largest absolute Gasteiger partial charge is 0.487 e. The summed E-state index contributed by atoms with van der Waals surface area (Å²) in [7, 11) is 0. The van der Waals surface area contributed by atoms with Crippen molar-refractivity contribution in [1.82, 2.24) is 0 Å². The quantitative estimate of drug-likeness (QED) is 0.173. The zero-order chi connectivity index (χ0) is 22.0. The van der Waals surface area contributed by atoms with Crippen LogP contribution in [0.3, 0.4) is 0 Å². The van der Waals surface area contributed by atoms with Gasteiger partial charge in [-0.3, -0.25) is 0 Å². The first-order valence-electron chi connectivity index (χ1n) is 9.35. The standard InChI is InChI=1S/C24H16ClI2NO3/c1-14-6-8-15(9-7-14)13-30-22-19(26)10-16(11-20(22)27)12-21-24(29)31-23(28-21)17-4-2-3-5-18(17)25/h2-12H,13H2,1H3/b21-12-. The van der Waals surface area contributed by atoms with Crippen LogP contribution in [-0.2, 0) is 16.1 Å². The molecule has 0 saturated heterocycles. The summed E-state index contributed by atoms with van der Waals surface area (Å²) in [4.78, 5) is 16.7. The number of rotatable bonds is 5. The molecule has 0 fully saturated rings. The van der Waals surface area contributed by atoms with Gasteiger partial charge in [0.1, 0.15) is 12.4 Å². The highest BCUT2D eigenvalue weighted by molar-refractivity contribution is 14.1. The van der Waals surface area contributed by atoms with Crippen molar-refractivity contribution in [2.24, 2.45) is 4.99 Å². The lowest BCUT2D eigenvalue weighted by Gasteiger charge is -2.12. The topological polar surface area (TPSA) is 47.9 Å². The van der Waals surface area contributed by atoms with E-state index in [1.165, 1.54) is 5.56 Å². The molecule has 0 bridgehead atoms. The number of carbonyl (C=O) groups is 1. The van der Waals surface area contributed by atoms with E-state index in [1.54, 1.807) is 18.2 Å². The Balaban J connectivity index is 1.56. The van der Waals surface area contributed by atoms with Crippen molar-refractivity contribution in [2.75, 3.05) is 0 Å². The average Bonchev–Trinajstić information content (AvgIpc) is 3.09. The number of benzene rings is 3. The van der Waals surface area contributed by atoms with Crippen LogP contribution in [0.4, 0.5) is 0 Å². The van der Waals surface area contributed by atoms with Crippen molar-refractivity contribution in [2.45, 2.75) is 13.5 Å². The molecular formula is C24H16ClI2NO3. The van der Waals surface area contributed by atoms with E-state index in [9.17, 15) is 4.79 Å². The lowest BCUT2D eigenvalue weighted by molar-refractivity contribution is -0.129. The summed E-state index contributed by atoms with van der Waals surface area (Å²) in [6, 6.07) is 19.3. The van der Waals surface area contributed by atoms with Crippen LogP contribution in [-0.4, -0.2) is 11.9 Å². The molecule has 1 aliphatic rings. The molecule has 3 aromatic carbocycles. The minimum Gasteiger partial charge on any atom is -0.487 e. The van der Waals surface area contributed by atoms with Crippen molar-refractivity contribution >= 4 is 74.7 Å². The second-order valence-corrected chi connectivity index (χ2v) is 9.64. The van der Waals surface area contributed by atoms with E-state index in [2.05, 4.69) is 81.4 Å². The Bertz CT molecular complexity index is 1200. The van der Waals surface area contributed by atoms with Crippen molar-refractivity contribution < 1.29 is 14.3 Å². The Labute approximate surface area is 212 Å². The fourth-order valence-corrected chi connectivity index (χ4v) is 5.30. The lowest BCUT2D eigenvalue weighted by atomic mass is 10.1. The number of hydrogen-bond acceptors (Lipinski definition) is 4. The van der Waals surface area contributed by atoms with Gasteiger partial charge in [0.05, 0.1) is 17.7 Å². The number of carbonyl (C=O) groups excluding carboxylic acids is 1. The molecule has 0 N–H and O–H groups in total. The van der Waals surface area contributed by atoms with E-state index in [1.807, 2.05) is 24.3 Å². The normalized spacial score (nSPS) is 14.5. The third kappa shape index (κ3) is 5.30. The van der Waals surface area contributed by atoms with Crippen LogP contribution in [0.15, 0.2) is 71.4 Å². The van der Waals surface area contributed by atoms with Gasteiger partial charge in [0.25, 0.3) is 0 Å². The smallest absolute Gasteiger partial charge is 0.363 e. The molecule has 0 spiro atoms. The number of aryl methyl sites for hydroxylation is 1. The van der Waals surface area contributed by atoms with Crippen LogP contribution in [0.5, 0.6) is 5.75 Å². The molecule has 1 heterocycles. The maximum atomic E-state index is 12.3. The van der Waals surface area contributed by atoms with Gasteiger partial charge in [-0.2, -0.15) is 0 Å². The highest BCUT2D eigenvalue weighted by atomic mass is 127. The minimum absolute atomic E-state index is 0.212. The number of hydrogen-bond donors (Lipinski definition) is 0. The minimum atomic E-state index is -0.500. The maximum absolute atomic E-state index is 12.3. The molecule has 0 saturated carbocycles. The van der Waals surface area contributed by atoms with Crippen molar-refractivity contribution in [3.05, 3.63) is 101 Å². The lowest BCUT2D eigenvalue weighted by Crippen LogP contribution is -2.05. The summed E-state index contributed by atoms with van der Waals surface area (Å²) in [6.45, 7) is 2.55. The fraction of sp³-hybridized carbons (Fsp3) is 0.0833. The van der Waals surface area contributed by atoms with E-state index in [4.69, 9.17) is 21.1 Å². The van der Waals surface area contributed by atoms with E-state index in [-0.39, 0.29) is 11.6 Å². The van der Waals surface area contributed by atoms with Gasteiger partial charge in [0, 0.05) is 0 Å². The molecule has 4 nitrogen and oxygen atoms in total. The van der Waals surface area contributed by atoms with Gasteiger partial charge >= 0.3 is 5.97 Å². The van der Waals surface area contributed by atoms with Gasteiger partial charge in [0.15, 0.2) is 5.70 Å². The maximum Gasteiger partial charge on any atom is 0.363 e. The number of esters is 1. The summed E-state index contributed by atoms with van der Waals surface area (Å²) >= 11 is 10.7. The van der Waals surface area contributed by atoms with Crippen LogP contribution in [0.25, 0.3) is 6.08 Å². The van der Waals surface area contributed by atoms with Gasteiger partial charge < -0.3 is 9.47 Å². The molecule has 0 radical (unpaired) electrons. The zero-order valence-corrected chi connectivity index (χ0v) is 21.4. The Morgan fingerprint density at radius 2 is 1.74 bits per heavy atom. The van der Waals surface area contributed by atoms with Gasteiger partial charge in [-0.15, -0.1) is 0 Å². The number of nitrogens with zero attached hydrogens (tertiary/aromatic N) is 1. The van der Waals surface area contributed by atoms with Crippen LogP contribution in [0.1, 0.15) is 22.3 Å². The third-order valence-electron chi connectivity index (χ3n) is 4.55. The fourth-order valence-electron chi connectivity index (χ4n) is 2.96. The average molecular weight is 656 g/mol. The van der Waals surface area contributed by atoms with Crippen LogP contribution in [0.2, 0.25) is 5.02 Å². The van der Waals surface area contributed by atoms with Crippen LogP contribution < -0.4 is 4.74 Å². The molecule has 1 aliphatic heterocycles. The zero-order valence-electron chi connectivity index (χ0n) is 16.4. The van der Waals surface area contributed by atoms with E-state index < -0.39 is 5.97 Å². The first-order valence-corrected chi connectivity index (χ1v) is 11.9. The molecule has 0 aliphatic carbocycles. The van der Waals surface area contributed by atoms with Crippen molar-refractivity contribution in [3.8, 4) is 5.75 Å². The molecule has 0 aromatic heterocycles. The molecule has 3 aromatic rings. The summed E-state index contributed by atoms with van der Waals surface area (Å²) < 4.78 is 13.3. The third-order valence-corrected chi connectivity index (χ3v) is 6.48. The second-order valence-electron chi connectivity index (χ2n) is 6.90. The van der Waals surface area contributed by atoms with Crippen LogP contribution >= 0.6 is 56.8 Å². The van der Waals surface area contributed by atoms with Gasteiger partial charge in [0.2, 0.25) is 5.90 Å². The molecule has 31 heavy (non-hydrogen) atoms. The molecule has 156 valence electrons. The van der Waals surface area contributed by atoms with Gasteiger partial charge in [-0.05, 0) is 93.6 Å². The highest BCUT2D eigenvalue weighted by Crippen LogP contribution is 2.31. The number of halogens is 3. The summed E-state index contributed by atoms with van der Waals surface area (Å²) in [6.07, 6.45) is 1.71. The van der Waals surface area contributed by atoms with Crippen molar-refractivity contribution in [3.63, 3.8) is 0 Å². The van der Waals surface area contributed by atoms with E-state index >= 15 is 0 Å². The summed E-state index contributed by atoms with van der Waals surface area (Å²) in [5.74, 6) is 0.530. The monoisotopic (exact) mass is 655 g/mol. The highest BCUT2D eigenvalue weighted by Gasteiger charge is 2.25. The van der Waals surface area contributed by atoms with Gasteiger partial charge in [-0.25, -0.2) is 9.79 Å². The first kappa shape index (κ1) is 22.3. The molecule has 0 amide bonds. The Kier molecular flexibility index (Phi) is 6.98. The Morgan fingerprint density at radius 1 is 1.06 bits per heavy atom. The summed E-state index contributed by atoms with van der Waals surface area (Å²) in [5.41, 5.74) is 3.99. The van der Waals surface area contributed by atoms with Gasteiger partial charge in [-0.1, -0.05) is 53.6 Å². The molecule has 7 heteroatoms. The predicted octanol–water partition coefficient (Wildman–Crippen LogP) is 6.78. The SMILES string of the molecule is Cc1ccc(COc2c(I)cc(/C=C3\N=C(c4ccccc4Cl)OC3=O)cc2I)cc1. The Morgan fingerprint density at radius 3 is 2.42 bits per heavy atom. The number of cyclic esters (lactones) is 1. The number of ether oxygens (including phenoxy) is 2. The summed E-state index contributed by atoms with van der Waals surface area (Å²) in [5, 5.41) is 0.481. The predicted molar refractivity (Wildman–Crippen MR) is 139 cm³/mol. The van der Waals surface area contributed by atoms with Crippen molar-refractivity contribution in [1.29, 1.82) is 0 Å². The molecule has 4 rings (SSSR count).